The summed E-state index contributed by atoms with van der Waals surface area (Å²) in [4.78, 5) is 0. The minimum Gasteiger partial charge on any atom is -0.493 e. The number of rotatable bonds is 3. The molecule has 5 heteroatoms. The maximum atomic E-state index is 5.55. The van der Waals surface area contributed by atoms with Crippen LogP contribution in [-0.2, 0) is 0 Å². The number of nitrogens with zero attached hydrogens (tertiary/aromatic N) is 1. The third-order valence-corrected chi connectivity index (χ3v) is 2.88. The fourth-order valence-electron chi connectivity index (χ4n) is 2.04. The lowest BCUT2D eigenvalue weighted by atomic mass is 10.0. The summed E-state index contributed by atoms with van der Waals surface area (Å²) in [5.74, 6) is 1.72. The van der Waals surface area contributed by atoms with E-state index in [1.807, 2.05) is 19.9 Å². The van der Waals surface area contributed by atoms with Gasteiger partial charge in [0.25, 0.3) is 0 Å². The normalized spacial score (nSPS) is 10.4. The van der Waals surface area contributed by atoms with Crippen molar-refractivity contribution in [3.05, 3.63) is 23.3 Å². The lowest BCUT2D eigenvalue weighted by molar-refractivity contribution is 0.351. The third-order valence-electron chi connectivity index (χ3n) is 2.88. The van der Waals surface area contributed by atoms with E-state index in [0.717, 1.165) is 22.4 Å². The van der Waals surface area contributed by atoms with Crippen molar-refractivity contribution in [1.29, 1.82) is 0 Å². The zero-order valence-corrected chi connectivity index (χ0v) is 10.9. The number of benzene rings is 1. The van der Waals surface area contributed by atoms with E-state index in [4.69, 9.17) is 19.7 Å². The highest BCUT2D eigenvalue weighted by Crippen LogP contribution is 2.40. The van der Waals surface area contributed by atoms with Gasteiger partial charge in [0.15, 0.2) is 11.5 Å². The summed E-state index contributed by atoms with van der Waals surface area (Å²) in [5, 5.41) is 3.92. The Hall–Kier alpha value is -2.17. The van der Waals surface area contributed by atoms with E-state index < -0.39 is 0 Å². The Bertz CT molecular complexity index is 576. The first-order valence-corrected chi connectivity index (χ1v) is 5.53. The Morgan fingerprint density at radius 1 is 1.11 bits per heavy atom. The van der Waals surface area contributed by atoms with Gasteiger partial charge in [-0.1, -0.05) is 5.16 Å². The number of methoxy groups -OCH3 is 2. The lowest BCUT2D eigenvalue weighted by Crippen LogP contribution is -1.98. The van der Waals surface area contributed by atoms with Crippen molar-refractivity contribution in [2.45, 2.75) is 13.8 Å². The summed E-state index contributed by atoms with van der Waals surface area (Å²) in [7, 11) is 3.24. The number of hydrogen-bond donors (Lipinski definition) is 1. The van der Waals surface area contributed by atoms with E-state index in [1.54, 1.807) is 20.3 Å². The molecule has 0 unspecified atom stereocenters. The zero-order valence-electron chi connectivity index (χ0n) is 10.9. The van der Waals surface area contributed by atoms with Crippen molar-refractivity contribution in [2.75, 3.05) is 20.0 Å². The molecule has 0 fully saturated rings. The Morgan fingerprint density at radius 3 is 2.28 bits per heavy atom. The van der Waals surface area contributed by atoms with Gasteiger partial charge in [0.2, 0.25) is 5.88 Å². The van der Waals surface area contributed by atoms with E-state index in [0.29, 0.717) is 11.4 Å². The molecule has 0 amide bonds. The molecule has 1 heterocycles. The van der Waals surface area contributed by atoms with Gasteiger partial charge >= 0.3 is 0 Å². The smallest absolute Gasteiger partial charge is 0.222 e. The van der Waals surface area contributed by atoms with E-state index in [1.165, 1.54) is 0 Å². The Morgan fingerprint density at radius 2 is 1.78 bits per heavy atom. The molecule has 5 nitrogen and oxygen atoms in total. The summed E-state index contributed by atoms with van der Waals surface area (Å²) in [6.45, 7) is 3.90. The van der Waals surface area contributed by atoms with Crippen LogP contribution < -0.4 is 15.2 Å². The van der Waals surface area contributed by atoms with Crippen molar-refractivity contribution < 1.29 is 14.0 Å². The van der Waals surface area contributed by atoms with Crippen molar-refractivity contribution in [3.63, 3.8) is 0 Å². The zero-order chi connectivity index (χ0) is 13.3. The topological polar surface area (TPSA) is 70.5 Å². The van der Waals surface area contributed by atoms with Gasteiger partial charge in [-0.25, -0.2) is 0 Å². The quantitative estimate of drug-likeness (QED) is 0.903. The second kappa shape index (κ2) is 4.60. The van der Waals surface area contributed by atoms with Gasteiger partial charge in [-0.05, 0) is 25.5 Å². The van der Waals surface area contributed by atoms with E-state index in [-0.39, 0.29) is 5.88 Å². The molecule has 96 valence electrons. The number of nitrogen functional groups attached to an aromatic ring is 1. The van der Waals surface area contributed by atoms with Crippen LogP contribution >= 0.6 is 0 Å². The Balaban J connectivity index is 2.66. The number of anilines is 1. The van der Waals surface area contributed by atoms with E-state index in [9.17, 15) is 0 Å². The highest BCUT2D eigenvalue weighted by molar-refractivity contribution is 5.72. The molecule has 0 radical (unpaired) electrons. The third kappa shape index (κ3) is 1.88. The first-order valence-electron chi connectivity index (χ1n) is 5.53. The van der Waals surface area contributed by atoms with Crippen LogP contribution in [0.5, 0.6) is 11.5 Å². The van der Waals surface area contributed by atoms with Gasteiger partial charge < -0.3 is 19.7 Å². The molecule has 0 atom stereocenters. The molecule has 2 rings (SSSR count). The molecule has 1 aromatic carbocycles. The number of aryl methyl sites for hydroxylation is 1. The second-order valence-electron chi connectivity index (χ2n) is 4.05. The molecule has 0 bridgehead atoms. The summed E-state index contributed by atoms with van der Waals surface area (Å²) in [6.07, 6.45) is 0. The minimum absolute atomic E-state index is 0.289. The maximum Gasteiger partial charge on any atom is 0.222 e. The highest BCUT2D eigenvalue weighted by atomic mass is 16.5. The maximum absolute atomic E-state index is 5.55. The average molecular weight is 248 g/mol. The van der Waals surface area contributed by atoms with E-state index >= 15 is 0 Å². The molecule has 2 aromatic rings. The Kier molecular flexibility index (Phi) is 3.14. The monoisotopic (exact) mass is 248 g/mol. The second-order valence-corrected chi connectivity index (χ2v) is 4.05. The summed E-state index contributed by atoms with van der Waals surface area (Å²) in [6, 6.07) is 3.67. The first kappa shape index (κ1) is 12.3. The summed E-state index contributed by atoms with van der Waals surface area (Å²) >= 11 is 0. The molecule has 1 aromatic heterocycles. The van der Waals surface area contributed by atoms with Gasteiger partial charge in [-0.15, -0.1) is 0 Å². The fourth-order valence-corrected chi connectivity index (χ4v) is 2.04. The van der Waals surface area contributed by atoms with Crippen molar-refractivity contribution in [3.8, 4) is 22.8 Å². The van der Waals surface area contributed by atoms with Gasteiger partial charge in [-0.3, -0.25) is 0 Å². The molecular formula is C13H16N2O3. The van der Waals surface area contributed by atoms with Crippen molar-refractivity contribution >= 4 is 5.88 Å². The summed E-state index contributed by atoms with van der Waals surface area (Å²) in [5.41, 5.74) is 9.06. The minimum atomic E-state index is 0.289. The van der Waals surface area contributed by atoms with Crippen LogP contribution in [0.3, 0.4) is 0 Å². The van der Waals surface area contributed by atoms with Crippen LogP contribution in [-0.4, -0.2) is 19.4 Å². The highest BCUT2D eigenvalue weighted by Gasteiger charge is 2.17. The standard InChI is InChI=1S/C13H16N2O3/c1-7-5-9(10-6-11(14)18-15-10)8(2)13(17-4)12(7)16-3/h5-6H,14H2,1-4H3. The molecule has 0 aliphatic rings. The number of aromatic nitrogens is 1. The molecule has 0 saturated carbocycles. The number of hydrogen-bond acceptors (Lipinski definition) is 5. The number of nitrogens with two attached hydrogens (primary N) is 1. The molecule has 0 spiro atoms. The lowest BCUT2D eigenvalue weighted by Gasteiger charge is -2.15. The van der Waals surface area contributed by atoms with Crippen molar-refractivity contribution in [2.24, 2.45) is 0 Å². The van der Waals surface area contributed by atoms with Crippen LogP contribution in [0, 0.1) is 13.8 Å². The molecule has 0 saturated heterocycles. The van der Waals surface area contributed by atoms with Gasteiger partial charge in [0.1, 0.15) is 5.69 Å². The predicted molar refractivity (Wildman–Crippen MR) is 68.9 cm³/mol. The predicted octanol–water partition coefficient (Wildman–Crippen LogP) is 2.56. The van der Waals surface area contributed by atoms with Crippen LogP contribution in [0.15, 0.2) is 16.7 Å². The first-order chi connectivity index (χ1) is 8.58. The van der Waals surface area contributed by atoms with Crippen molar-refractivity contribution in [1.82, 2.24) is 5.16 Å². The van der Waals surface area contributed by atoms with Crippen LogP contribution in [0.25, 0.3) is 11.3 Å². The summed E-state index contributed by atoms with van der Waals surface area (Å²) < 4.78 is 15.7. The molecule has 18 heavy (non-hydrogen) atoms. The van der Waals surface area contributed by atoms with Crippen LogP contribution in [0.4, 0.5) is 5.88 Å². The van der Waals surface area contributed by atoms with Crippen LogP contribution in [0.1, 0.15) is 11.1 Å². The molecule has 0 aliphatic carbocycles. The fraction of sp³-hybridized carbons (Fsp3) is 0.308. The van der Waals surface area contributed by atoms with Gasteiger partial charge in [0.05, 0.1) is 14.2 Å². The van der Waals surface area contributed by atoms with E-state index in [2.05, 4.69) is 5.16 Å². The molecular weight excluding hydrogens is 232 g/mol. The van der Waals surface area contributed by atoms with Gasteiger partial charge in [-0.2, -0.15) is 0 Å². The molecule has 0 aliphatic heterocycles. The number of ether oxygens (including phenoxy) is 2. The van der Waals surface area contributed by atoms with Crippen LogP contribution in [0.2, 0.25) is 0 Å². The van der Waals surface area contributed by atoms with Gasteiger partial charge in [0, 0.05) is 17.2 Å². The Labute approximate surface area is 105 Å². The average Bonchev–Trinajstić information content (AvgIpc) is 2.77. The molecule has 2 N–H and O–H groups in total. The largest absolute Gasteiger partial charge is 0.493 e. The SMILES string of the molecule is COc1c(C)cc(-c2cc(N)on2)c(C)c1OC.